The molecule has 1 heterocycles. The van der Waals surface area contributed by atoms with Gasteiger partial charge in [0.2, 0.25) is 0 Å². The van der Waals surface area contributed by atoms with E-state index in [1.54, 1.807) is 32.0 Å². The maximum Gasteiger partial charge on any atom is 0.336 e. The molecule has 0 radical (unpaired) electrons. The maximum absolute atomic E-state index is 13.6. The second-order valence-corrected chi connectivity index (χ2v) is 10.7. The van der Waals surface area contributed by atoms with Gasteiger partial charge in [-0.25, -0.2) is 4.79 Å². The van der Waals surface area contributed by atoms with Gasteiger partial charge in [0.1, 0.15) is 12.4 Å². The number of hydrogen-bond donors (Lipinski definition) is 1. The summed E-state index contributed by atoms with van der Waals surface area (Å²) in [5.41, 5.74) is 5.02. The molecule has 0 spiro atoms. The van der Waals surface area contributed by atoms with E-state index in [2.05, 4.69) is 37.2 Å². The van der Waals surface area contributed by atoms with Crippen molar-refractivity contribution >= 4 is 55.0 Å². The van der Waals surface area contributed by atoms with E-state index in [-0.39, 0.29) is 24.7 Å². The van der Waals surface area contributed by atoms with E-state index in [0.717, 1.165) is 11.1 Å². The van der Waals surface area contributed by atoms with Crippen molar-refractivity contribution in [3.8, 4) is 5.75 Å². The molecule has 0 aromatic heterocycles. The van der Waals surface area contributed by atoms with Gasteiger partial charge in [0.25, 0.3) is 5.69 Å². The molecule has 0 unspecified atom stereocenters. The highest BCUT2D eigenvalue weighted by atomic mass is 79.9. The summed E-state index contributed by atoms with van der Waals surface area (Å²) >= 11 is 7.19. The molecular formula is C29H22Br2N2O6. The van der Waals surface area contributed by atoms with Gasteiger partial charge in [0.05, 0.1) is 31.7 Å². The number of rotatable bonds is 7. The van der Waals surface area contributed by atoms with Crippen LogP contribution in [0, 0.1) is 10.1 Å². The van der Waals surface area contributed by atoms with Crippen molar-refractivity contribution in [3.63, 3.8) is 0 Å². The number of dihydropyridines is 1. The minimum atomic E-state index is -0.670. The zero-order valence-electron chi connectivity index (χ0n) is 20.9. The lowest BCUT2D eigenvalue weighted by Gasteiger charge is -2.29. The molecule has 2 aliphatic rings. The molecule has 39 heavy (non-hydrogen) atoms. The van der Waals surface area contributed by atoms with Crippen molar-refractivity contribution in [1.82, 2.24) is 5.32 Å². The van der Waals surface area contributed by atoms with Gasteiger partial charge in [0.15, 0.2) is 5.78 Å². The van der Waals surface area contributed by atoms with E-state index in [9.17, 15) is 19.7 Å². The van der Waals surface area contributed by atoms with Gasteiger partial charge in [-0.15, -0.1) is 0 Å². The van der Waals surface area contributed by atoms with Crippen molar-refractivity contribution in [2.24, 2.45) is 0 Å². The average Bonchev–Trinajstić information content (AvgIpc) is 3.19. The Morgan fingerprint density at radius 2 is 1.69 bits per heavy atom. The first-order chi connectivity index (χ1) is 18.7. The number of ether oxygens (including phenoxy) is 2. The molecule has 8 nitrogen and oxygen atoms in total. The zero-order chi connectivity index (χ0) is 27.8. The molecule has 198 valence electrons. The molecule has 0 saturated heterocycles. The van der Waals surface area contributed by atoms with E-state index >= 15 is 0 Å². The average molecular weight is 654 g/mol. The largest absolute Gasteiger partial charge is 0.487 e. The van der Waals surface area contributed by atoms with Crippen molar-refractivity contribution in [3.05, 3.63) is 119 Å². The van der Waals surface area contributed by atoms with E-state index in [1.165, 1.54) is 12.1 Å². The third kappa shape index (κ3) is 4.90. The molecule has 3 aromatic carbocycles. The Hall–Kier alpha value is -3.76. The normalized spacial score (nSPS) is 16.0. The number of carbonyl (C=O) groups excluding carboxylic acids is 2. The van der Waals surface area contributed by atoms with Crippen LogP contribution >= 0.6 is 31.9 Å². The lowest BCUT2D eigenvalue weighted by atomic mass is 9.80. The monoisotopic (exact) mass is 652 g/mol. The Morgan fingerprint density at radius 3 is 2.31 bits per heavy atom. The van der Waals surface area contributed by atoms with Gasteiger partial charge in [-0.2, -0.15) is 0 Å². The Balaban J connectivity index is 1.53. The fourth-order valence-corrected chi connectivity index (χ4v) is 6.35. The number of carbonyl (C=O) groups is 2. The fraction of sp³-hybridized carbons (Fsp3) is 0.172. The highest BCUT2D eigenvalue weighted by Gasteiger charge is 2.43. The number of allylic oxidation sites excluding steroid dienone is 2. The summed E-state index contributed by atoms with van der Waals surface area (Å²) in [5, 5.41) is 14.2. The third-order valence-electron chi connectivity index (χ3n) is 6.63. The second-order valence-electron chi connectivity index (χ2n) is 9.01. The number of benzene rings is 3. The summed E-state index contributed by atoms with van der Waals surface area (Å²) in [5.74, 6) is -0.789. The van der Waals surface area contributed by atoms with Crippen LogP contribution in [-0.2, 0) is 16.1 Å². The van der Waals surface area contributed by atoms with Gasteiger partial charge in [-0.05, 0) is 81.1 Å². The number of esters is 1. The van der Waals surface area contributed by atoms with E-state index in [4.69, 9.17) is 9.47 Å². The molecule has 1 N–H and O–H groups in total. The Bertz CT molecular complexity index is 1570. The predicted molar refractivity (Wildman–Crippen MR) is 152 cm³/mol. The lowest BCUT2D eigenvalue weighted by molar-refractivity contribution is -0.384. The SMILES string of the molecule is CCOC(=O)C1=C(C)NC2=C(C(=O)c3ccccc32)[C@H]1c1cc(Br)c(OCc2ccc([N+](=O)[O-])cc2)c(Br)c1. The summed E-state index contributed by atoms with van der Waals surface area (Å²) in [6.07, 6.45) is 0. The van der Waals surface area contributed by atoms with Gasteiger partial charge >= 0.3 is 5.97 Å². The first kappa shape index (κ1) is 26.8. The topological polar surface area (TPSA) is 108 Å². The fourth-order valence-electron chi connectivity index (χ4n) is 4.90. The first-order valence-electron chi connectivity index (χ1n) is 12.1. The summed E-state index contributed by atoms with van der Waals surface area (Å²) in [4.78, 5) is 37.3. The minimum absolute atomic E-state index is 0.00507. The van der Waals surface area contributed by atoms with Gasteiger partial charge in [-0.1, -0.05) is 24.3 Å². The molecular weight excluding hydrogens is 632 g/mol. The lowest BCUT2D eigenvalue weighted by Crippen LogP contribution is -2.29. The van der Waals surface area contributed by atoms with Crippen LogP contribution in [-0.4, -0.2) is 23.3 Å². The molecule has 3 aromatic rings. The van der Waals surface area contributed by atoms with Crippen LogP contribution in [0.2, 0.25) is 0 Å². The van der Waals surface area contributed by atoms with E-state index in [1.807, 2.05) is 30.3 Å². The van der Waals surface area contributed by atoms with Crippen LogP contribution < -0.4 is 10.1 Å². The number of hydrogen-bond acceptors (Lipinski definition) is 7. The number of ketones is 1. The highest BCUT2D eigenvalue weighted by Crippen LogP contribution is 2.49. The summed E-state index contributed by atoms with van der Waals surface area (Å²) < 4.78 is 12.6. The number of nitro benzene ring substituents is 1. The summed E-state index contributed by atoms with van der Waals surface area (Å²) in [6, 6.07) is 17.2. The smallest absolute Gasteiger partial charge is 0.336 e. The van der Waals surface area contributed by atoms with Crippen molar-refractivity contribution in [2.45, 2.75) is 26.4 Å². The molecule has 0 amide bonds. The molecule has 1 atom stereocenters. The van der Waals surface area contributed by atoms with Gasteiger partial charge < -0.3 is 14.8 Å². The van der Waals surface area contributed by atoms with E-state index < -0.39 is 16.8 Å². The molecule has 1 aliphatic carbocycles. The molecule has 0 fully saturated rings. The van der Waals surface area contributed by atoms with Gasteiger partial charge in [0, 0.05) is 40.4 Å². The number of halogens is 2. The number of fused-ring (bicyclic) bond motifs is 2. The number of nitrogens with one attached hydrogen (secondary N) is 1. The van der Waals surface area contributed by atoms with Crippen LogP contribution in [0.4, 0.5) is 5.69 Å². The first-order valence-corrected chi connectivity index (χ1v) is 13.7. The number of Topliss-reactive ketones (excluding diaryl/α,β-unsaturated/α-hetero) is 1. The zero-order valence-corrected chi connectivity index (χ0v) is 24.1. The van der Waals surface area contributed by atoms with Crippen molar-refractivity contribution < 1.29 is 24.0 Å². The molecule has 0 saturated carbocycles. The Labute approximate surface area is 241 Å². The summed E-state index contributed by atoms with van der Waals surface area (Å²) in [7, 11) is 0. The number of nitro groups is 1. The maximum atomic E-state index is 13.6. The second kappa shape index (κ2) is 10.8. The van der Waals surface area contributed by atoms with Crippen molar-refractivity contribution in [2.75, 3.05) is 6.61 Å². The van der Waals surface area contributed by atoms with Crippen LogP contribution in [0.3, 0.4) is 0 Å². The molecule has 1 aliphatic heterocycles. The van der Waals surface area contributed by atoms with Crippen LogP contribution in [0.1, 0.15) is 46.8 Å². The van der Waals surface area contributed by atoms with Crippen molar-refractivity contribution in [1.29, 1.82) is 0 Å². The van der Waals surface area contributed by atoms with E-state index in [0.29, 0.717) is 48.4 Å². The van der Waals surface area contributed by atoms with Crippen LogP contribution in [0.15, 0.2) is 86.5 Å². The molecule has 10 heteroatoms. The molecule has 0 bridgehead atoms. The number of nitrogens with zero attached hydrogens (tertiary/aromatic N) is 1. The Morgan fingerprint density at radius 1 is 1.05 bits per heavy atom. The standard InChI is InChI=1S/C29H22Br2N2O6/c1-3-38-29(35)23-15(2)32-26-19-6-4-5-7-20(19)27(34)25(26)24(23)17-12-21(30)28(22(31)13-17)39-14-16-8-10-18(11-9-16)33(36)37/h4-13,24,32H,3,14H2,1-2H3/t24-/m0/s1. The Kier molecular flexibility index (Phi) is 7.42. The third-order valence-corrected chi connectivity index (χ3v) is 7.81. The van der Waals surface area contributed by atoms with Crippen LogP contribution in [0.25, 0.3) is 5.70 Å². The summed E-state index contributed by atoms with van der Waals surface area (Å²) in [6.45, 7) is 3.92. The van der Waals surface area contributed by atoms with Crippen LogP contribution in [0.5, 0.6) is 5.75 Å². The number of non-ortho nitro benzene ring substituents is 1. The van der Waals surface area contributed by atoms with Gasteiger partial charge in [-0.3, -0.25) is 14.9 Å². The predicted octanol–water partition coefficient (Wildman–Crippen LogP) is 6.83. The highest BCUT2D eigenvalue weighted by molar-refractivity contribution is 9.11. The quantitative estimate of drug-likeness (QED) is 0.169. The minimum Gasteiger partial charge on any atom is -0.487 e. The molecule has 5 rings (SSSR count).